The van der Waals surface area contributed by atoms with E-state index in [2.05, 4.69) is 15.0 Å². The molecule has 0 saturated carbocycles. The number of aliphatic hydroxyl groups excluding tert-OH is 2. The molecule has 0 aliphatic carbocycles. The first kappa shape index (κ1) is 15.1. The molecule has 3 aliphatic heterocycles. The summed E-state index contributed by atoms with van der Waals surface area (Å²) in [7, 11) is -4.89. The van der Waals surface area contributed by atoms with Crippen molar-refractivity contribution in [3.8, 4) is 0 Å². The Balaban J connectivity index is 1.85. The number of rotatable bonds is 2. The Labute approximate surface area is 129 Å². The van der Waals surface area contributed by atoms with E-state index in [0.29, 0.717) is 5.69 Å². The quantitative estimate of drug-likeness (QED) is 0.384. The zero-order valence-corrected chi connectivity index (χ0v) is 12.3. The number of phosphoric acid groups is 1. The van der Waals surface area contributed by atoms with Gasteiger partial charge in [-0.25, -0.2) is 19.5 Å². The molecule has 12 heteroatoms. The summed E-state index contributed by atoms with van der Waals surface area (Å²) in [5.41, 5.74) is 6.57. The van der Waals surface area contributed by atoms with Crippen LogP contribution in [0, 0.1) is 0 Å². The highest BCUT2D eigenvalue weighted by Gasteiger charge is 2.61. The van der Waals surface area contributed by atoms with Crippen molar-refractivity contribution in [2.75, 3.05) is 5.73 Å². The van der Waals surface area contributed by atoms with Crippen LogP contribution in [-0.2, 0) is 13.8 Å². The topological polar surface area (TPSA) is 181 Å². The molecule has 3 aliphatic rings. The lowest BCUT2D eigenvalue weighted by Crippen LogP contribution is -2.47. The van der Waals surface area contributed by atoms with Gasteiger partial charge in [-0.3, -0.25) is 4.52 Å². The molecule has 1 aromatic heterocycles. The van der Waals surface area contributed by atoms with Crippen LogP contribution in [0.25, 0.3) is 0 Å². The first-order valence-corrected chi connectivity index (χ1v) is 8.25. The molecule has 124 valence electrons. The maximum atomic E-state index is 11.3. The Kier molecular flexibility index (Phi) is 3.13. The van der Waals surface area contributed by atoms with E-state index in [4.69, 9.17) is 24.8 Å². The minimum Gasteiger partial charge on any atom is -0.388 e. The zero-order chi connectivity index (χ0) is 16.5. The standard InChI is InChI=1S/C11H13N4O7P/c12-11-5-3(13-1-14-11)2-4(15-5)9(22-23(18,19)20)10-7(17)6(16)8(2)21-10/h1-2,6-10,16-17H,(H2,12,13,14)(H2,18,19,20)/t2?,6-,7+,8+,9?,10+/m1/s1. The summed E-state index contributed by atoms with van der Waals surface area (Å²) in [6.07, 6.45) is -4.77. The number of nitrogens with zero attached hydrogens (tertiary/aromatic N) is 3. The third-order valence-electron chi connectivity index (χ3n) is 4.24. The number of phosphoric ester groups is 1. The van der Waals surface area contributed by atoms with Gasteiger partial charge in [0.05, 0.1) is 17.3 Å². The molecular formula is C11H13N4O7P. The minimum atomic E-state index is -4.89. The molecule has 1 aromatic rings. The van der Waals surface area contributed by atoms with Crippen LogP contribution >= 0.6 is 7.82 Å². The highest BCUT2D eigenvalue weighted by molar-refractivity contribution is 7.46. The van der Waals surface area contributed by atoms with Crippen molar-refractivity contribution in [2.45, 2.75) is 36.4 Å². The normalized spacial score (nSPS) is 38.2. The molecule has 2 fully saturated rings. The van der Waals surface area contributed by atoms with Crippen LogP contribution in [0.2, 0.25) is 0 Å². The summed E-state index contributed by atoms with van der Waals surface area (Å²) in [6, 6.07) is 0. The number of anilines is 1. The largest absolute Gasteiger partial charge is 0.470 e. The second-order valence-electron chi connectivity index (χ2n) is 5.57. The fraction of sp³-hybridized carbons (Fsp3) is 0.545. The van der Waals surface area contributed by atoms with Gasteiger partial charge in [-0.1, -0.05) is 0 Å². The van der Waals surface area contributed by atoms with Crippen LogP contribution in [-0.4, -0.2) is 66.2 Å². The molecule has 4 heterocycles. The number of aliphatic imine (C=N–C) groups is 1. The molecule has 6 N–H and O–H groups in total. The Morgan fingerprint density at radius 1 is 1.22 bits per heavy atom. The first-order chi connectivity index (χ1) is 10.8. The molecule has 2 saturated heterocycles. The third-order valence-corrected chi connectivity index (χ3v) is 4.74. The first-order valence-electron chi connectivity index (χ1n) is 6.72. The summed E-state index contributed by atoms with van der Waals surface area (Å²) in [5, 5.41) is 20.2. The number of nitrogen functional groups attached to an aromatic ring is 1. The van der Waals surface area contributed by atoms with Crippen molar-refractivity contribution < 1.29 is 33.8 Å². The van der Waals surface area contributed by atoms with E-state index in [1.807, 2.05) is 0 Å². The van der Waals surface area contributed by atoms with Crippen LogP contribution in [0.3, 0.4) is 0 Å². The fourth-order valence-electron chi connectivity index (χ4n) is 3.34. The molecule has 0 spiro atoms. The molecule has 6 atom stereocenters. The lowest BCUT2D eigenvalue weighted by atomic mass is 9.89. The van der Waals surface area contributed by atoms with E-state index in [1.54, 1.807) is 0 Å². The maximum absolute atomic E-state index is 11.3. The average molecular weight is 344 g/mol. The summed E-state index contributed by atoms with van der Waals surface area (Å²) < 4.78 is 21.6. The van der Waals surface area contributed by atoms with E-state index in [1.165, 1.54) is 6.33 Å². The number of fused-ring (bicyclic) bond motifs is 6. The van der Waals surface area contributed by atoms with Crippen LogP contribution < -0.4 is 5.73 Å². The van der Waals surface area contributed by atoms with Crippen molar-refractivity contribution in [3.63, 3.8) is 0 Å². The molecule has 11 nitrogen and oxygen atoms in total. The summed E-state index contributed by atoms with van der Waals surface area (Å²) in [5.74, 6) is -0.631. The predicted octanol–water partition coefficient (Wildman–Crippen LogP) is -1.79. The van der Waals surface area contributed by atoms with Crippen molar-refractivity contribution >= 4 is 25.0 Å². The van der Waals surface area contributed by atoms with E-state index >= 15 is 0 Å². The van der Waals surface area contributed by atoms with Gasteiger partial charge in [0, 0.05) is 0 Å². The number of hydrogen-bond donors (Lipinski definition) is 5. The third kappa shape index (κ3) is 2.13. The van der Waals surface area contributed by atoms with Gasteiger partial charge in [0.25, 0.3) is 0 Å². The van der Waals surface area contributed by atoms with E-state index in [0.717, 1.165) is 0 Å². The summed E-state index contributed by atoms with van der Waals surface area (Å²) in [4.78, 5) is 30.4. The van der Waals surface area contributed by atoms with Crippen LogP contribution in [0.15, 0.2) is 11.3 Å². The fourth-order valence-corrected chi connectivity index (χ4v) is 3.86. The van der Waals surface area contributed by atoms with Crippen LogP contribution in [0.5, 0.6) is 0 Å². The molecule has 0 radical (unpaired) electrons. The Hall–Kier alpha value is -1.46. The minimum absolute atomic E-state index is 0.0951. The molecule has 23 heavy (non-hydrogen) atoms. The molecular weight excluding hydrogens is 331 g/mol. The van der Waals surface area contributed by atoms with Gasteiger partial charge in [-0.05, 0) is 0 Å². The van der Waals surface area contributed by atoms with Crippen LogP contribution in [0.1, 0.15) is 11.6 Å². The lowest BCUT2D eigenvalue weighted by molar-refractivity contribution is -0.0580. The monoisotopic (exact) mass is 344 g/mol. The van der Waals surface area contributed by atoms with Crippen molar-refractivity contribution in [1.29, 1.82) is 0 Å². The molecule has 4 rings (SSSR count). The van der Waals surface area contributed by atoms with E-state index in [-0.39, 0.29) is 17.2 Å². The van der Waals surface area contributed by atoms with Gasteiger partial charge < -0.3 is 30.5 Å². The maximum Gasteiger partial charge on any atom is 0.470 e. The van der Waals surface area contributed by atoms with Gasteiger partial charge in [0.1, 0.15) is 42.5 Å². The SMILES string of the molecule is Nc1ncnc2c1N=C1C(OP(=O)(O)O)[C@H]3O[C@@H](C12)[C@H](O)[C@@H]3O. The second kappa shape index (κ2) is 4.77. The molecule has 0 amide bonds. The second-order valence-corrected chi connectivity index (χ2v) is 6.76. The zero-order valence-electron chi connectivity index (χ0n) is 11.4. The van der Waals surface area contributed by atoms with Gasteiger partial charge in [0.15, 0.2) is 5.82 Å². The van der Waals surface area contributed by atoms with E-state index in [9.17, 15) is 14.8 Å². The van der Waals surface area contributed by atoms with Gasteiger partial charge in [-0.15, -0.1) is 0 Å². The van der Waals surface area contributed by atoms with Gasteiger partial charge >= 0.3 is 7.82 Å². The Morgan fingerprint density at radius 2 is 1.91 bits per heavy atom. The Morgan fingerprint density at radius 3 is 2.61 bits per heavy atom. The van der Waals surface area contributed by atoms with Crippen molar-refractivity contribution in [3.05, 3.63) is 12.0 Å². The highest BCUT2D eigenvalue weighted by atomic mass is 31.2. The van der Waals surface area contributed by atoms with Crippen molar-refractivity contribution in [2.24, 2.45) is 4.99 Å². The Bertz CT molecular complexity index is 752. The molecule has 0 aromatic carbocycles. The average Bonchev–Trinajstić information content (AvgIpc) is 2.96. The lowest BCUT2D eigenvalue weighted by Gasteiger charge is -2.34. The number of nitrogens with two attached hydrogens (primary N) is 1. The molecule has 2 bridgehead atoms. The van der Waals surface area contributed by atoms with Crippen LogP contribution in [0.4, 0.5) is 11.5 Å². The predicted molar refractivity (Wildman–Crippen MR) is 73.9 cm³/mol. The number of aliphatic hydroxyl groups is 2. The van der Waals surface area contributed by atoms with Gasteiger partial charge in [0.2, 0.25) is 0 Å². The highest BCUT2D eigenvalue weighted by Crippen LogP contribution is 2.52. The van der Waals surface area contributed by atoms with E-state index < -0.39 is 44.3 Å². The number of hydrogen-bond acceptors (Lipinski definition) is 9. The number of ether oxygens (including phenoxy) is 1. The smallest absolute Gasteiger partial charge is 0.388 e. The number of aromatic nitrogens is 2. The summed E-state index contributed by atoms with van der Waals surface area (Å²) >= 11 is 0. The summed E-state index contributed by atoms with van der Waals surface area (Å²) in [6.45, 7) is 0. The van der Waals surface area contributed by atoms with Crippen molar-refractivity contribution in [1.82, 2.24) is 9.97 Å². The molecule has 2 unspecified atom stereocenters. The van der Waals surface area contributed by atoms with Gasteiger partial charge in [-0.2, -0.15) is 0 Å².